The van der Waals surface area contributed by atoms with E-state index in [2.05, 4.69) is 9.88 Å². The quantitative estimate of drug-likeness (QED) is 0.556. The average Bonchev–Trinajstić information content (AvgIpc) is 3.19. The fourth-order valence-electron chi connectivity index (χ4n) is 3.67. The van der Waals surface area contributed by atoms with Gasteiger partial charge in [0, 0.05) is 22.8 Å². The zero-order valence-electron chi connectivity index (χ0n) is 18.1. The molecule has 0 atom stereocenters. The summed E-state index contributed by atoms with van der Waals surface area (Å²) in [5.74, 6) is -0.872. The van der Waals surface area contributed by atoms with E-state index < -0.39 is 17.1 Å². The Morgan fingerprint density at radius 1 is 1.00 bits per heavy atom. The smallest absolute Gasteiger partial charge is 0.294 e. The molecule has 0 unspecified atom stereocenters. The predicted molar refractivity (Wildman–Crippen MR) is 128 cm³/mol. The van der Waals surface area contributed by atoms with Gasteiger partial charge in [0.25, 0.3) is 11.1 Å². The maximum atomic E-state index is 12.9. The second kappa shape index (κ2) is 8.88. The number of nitrogens with zero attached hydrogens (tertiary/aromatic N) is 2. The summed E-state index contributed by atoms with van der Waals surface area (Å²) >= 11 is 0.856. The molecule has 0 aliphatic carbocycles. The van der Waals surface area contributed by atoms with E-state index in [0.717, 1.165) is 44.9 Å². The van der Waals surface area contributed by atoms with Gasteiger partial charge in [-0.1, -0.05) is 35.9 Å². The van der Waals surface area contributed by atoms with Crippen LogP contribution in [0.3, 0.4) is 0 Å². The maximum Gasteiger partial charge on any atom is 0.294 e. The molecule has 1 aliphatic rings. The molecule has 0 saturated carbocycles. The molecule has 0 bridgehead atoms. The lowest BCUT2D eigenvalue weighted by molar-refractivity contribution is -0.127. The van der Waals surface area contributed by atoms with Crippen molar-refractivity contribution < 1.29 is 14.4 Å². The lowest BCUT2D eigenvalue weighted by atomic mass is 10.2. The van der Waals surface area contributed by atoms with Gasteiger partial charge in [0.05, 0.1) is 4.91 Å². The summed E-state index contributed by atoms with van der Waals surface area (Å²) < 4.78 is 2.10. The molecule has 4 rings (SSSR count). The van der Waals surface area contributed by atoms with Crippen LogP contribution in [0, 0.1) is 20.8 Å². The zero-order valence-corrected chi connectivity index (χ0v) is 18.9. The average molecular weight is 446 g/mol. The Hall–Kier alpha value is -3.58. The van der Waals surface area contributed by atoms with E-state index in [4.69, 9.17) is 0 Å². The number of hydrogen-bond donors (Lipinski definition) is 1. The summed E-state index contributed by atoms with van der Waals surface area (Å²) in [6.45, 7) is 5.61. The molecule has 1 N–H and O–H groups in total. The van der Waals surface area contributed by atoms with E-state index in [1.54, 1.807) is 18.2 Å². The summed E-state index contributed by atoms with van der Waals surface area (Å²) in [6.07, 6.45) is 1.73. The van der Waals surface area contributed by atoms with Gasteiger partial charge in [0.15, 0.2) is 0 Å². The summed E-state index contributed by atoms with van der Waals surface area (Å²) in [6, 6.07) is 19.3. The number of aryl methyl sites for hydroxylation is 2. The van der Waals surface area contributed by atoms with Crippen molar-refractivity contribution >= 4 is 40.6 Å². The van der Waals surface area contributed by atoms with Crippen LogP contribution in [0.2, 0.25) is 0 Å². The first-order chi connectivity index (χ1) is 15.3. The number of nitrogens with one attached hydrogen (secondary N) is 1. The molecule has 6 nitrogen and oxygen atoms in total. The molecule has 3 amide bonds. The van der Waals surface area contributed by atoms with Gasteiger partial charge >= 0.3 is 0 Å². The van der Waals surface area contributed by atoms with Crippen LogP contribution in [-0.4, -0.2) is 33.1 Å². The zero-order chi connectivity index (χ0) is 22.8. The van der Waals surface area contributed by atoms with Crippen LogP contribution in [0.1, 0.15) is 22.5 Å². The van der Waals surface area contributed by atoms with Crippen LogP contribution in [0.25, 0.3) is 11.8 Å². The third-order valence-corrected chi connectivity index (χ3v) is 6.19. The highest BCUT2D eigenvalue weighted by Crippen LogP contribution is 2.33. The van der Waals surface area contributed by atoms with Crippen LogP contribution >= 0.6 is 11.8 Å². The minimum atomic E-state index is -0.455. The Kier molecular flexibility index (Phi) is 6.01. The second-order valence-electron chi connectivity index (χ2n) is 7.68. The second-order valence-corrected chi connectivity index (χ2v) is 8.67. The minimum Gasteiger partial charge on any atom is -0.325 e. The van der Waals surface area contributed by atoms with Gasteiger partial charge in [-0.2, -0.15) is 0 Å². The molecule has 162 valence electrons. The molecule has 1 aromatic heterocycles. The number of benzene rings is 2. The monoisotopic (exact) mass is 445 g/mol. The number of carbonyl (C=O) groups excluding carboxylic acids is 3. The summed E-state index contributed by atoms with van der Waals surface area (Å²) in [5.41, 5.74) is 5.58. The molecule has 7 heteroatoms. The number of hydrogen-bond acceptors (Lipinski definition) is 4. The number of amides is 3. The Morgan fingerprint density at radius 3 is 2.38 bits per heavy atom. The van der Waals surface area contributed by atoms with E-state index in [0.29, 0.717) is 10.6 Å². The van der Waals surface area contributed by atoms with Gasteiger partial charge in [-0.15, -0.1) is 0 Å². The molecule has 32 heavy (non-hydrogen) atoms. The van der Waals surface area contributed by atoms with Gasteiger partial charge in [-0.25, -0.2) is 0 Å². The Bertz CT molecular complexity index is 1230. The number of thioether (sulfide) groups is 1. The number of carbonyl (C=O) groups is 3. The van der Waals surface area contributed by atoms with E-state index in [9.17, 15) is 14.4 Å². The van der Waals surface area contributed by atoms with Gasteiger partial charge < -0.3 is 9.88 Å². The Labute approximate surface area is 190 Å². The first kappa shape index (κ1) is 21.6. The highest BCUT2D eigenvalue weighted by molar-refractivity contribution is 8.18. The number of para-hydroxylation sites is 1. The van der Waals surface area contributed by atoms with Gasteiger partial charge in [0.2, 0.25) is 5.91 Å². The lowest BCUT2D eigenvalue weighted by Crippen LogP contribution is -2.36. The molecule has 0 spiro atoms. The van der Waals surface area contributed by atoms with Crippen molar-refractivity contribution in [1.82, 2.24) is 9.47 Å². The molecular weight excluding hydrogens is 422 g/mol. The third-order valence-electron chi connectivity index (χ3n) is 5.28. The molecule has 0 radical (unpaired) electrons. The third kappa shape index (κ3) is 4.38. The van der Waals surface area contributed by atoms with E-state index >= 15 is 0 Å². The maximum absolute atomic E-state index is 12.9. The summed E-state index contributed by atoms with van der Waals surface area (Å²) in [4.78, 5) is 39.0. The van der Waals surface area contributed by atoms with Crippen molar-refractivity contribution in [3.8, 4) is 5.69 Å². The number of imide groups is 1. The van der Waals surface area contributed by atoms with Crippen LogP contribution in [0.4, 0.5) is 10.5 Å². The highest BCUT2D eigenvalue weighted by Gasteiger charge is 2.36. The normalized spacial score (nSPS) is 15.0. The van der Waals surface area contributed by atoms with Crippen molar-refractivity contribution in [2.45, 2.75) is 20.8 Å². The van der Waals surface area contributed by atoms with Gasteiger partial charge in [-0.05, 0) is 74.5 Å². The number of rotatable bonds is 5. The van der Waals surface area contributed by atoms with Crippen LogP contribution in [0.15, 0.2) is 65.6 Å². The Balaban J connectivity index is 1.51. The molecule has 1 saturated heterocycles. The van der Waals surface area contributed by atoms with Crippen molar-refractivity contribution in [3.05, 3.63) is 88.1 Å². The molecule has 2 heterocycles. The number of anilines is 1. The largest absolute Gasteiger partial charge is 0.325 e. The van der Waals surface area contributed by atoms with E-state index in [-0.39, 0.29) is 6.54 Å². The van der Waals surface area contributed by atoms with Crippen molar-refractivity contribution in [2.75, 3.05) is 11.9 Å². The highest BCUT2D eigenvalue weighted by atomic mass is 32.2. The fraction of sp³-hybridized carbons (Fsp3) is 0.160. The molecule has 1 fully saturated rings. The van der Waals surface area contributed by atoms with Crippen LogP contribution in [0.5, 0.6) is 0 Å². The SMILES string of the molecule is Cc1ccc(NC(=O)CN2C(=O)S/C(=C\c3cc(C)n(-c4ccccc4)c3C)C2=O)cc1. The van der Waals surface area contributed by atoms with Crippen LogP contribution < -0.4 is 5.32 Å². The molecule has 2 aromatic carbocycles. The molecule has 3 aromatic rings. The lowest BCUT2D eigenvalue weighted by Gasteiger charge is -2.12. The summed E-state index contributed by atoms with van der Waals surface area (Å²) in [7, 11) is 0. The molecule has 1 aliphatic heterocycles. The summed E-state index contributed by atoms with van der Waals surface area (Å²) in [5, 5.41) is 2.28. The van der Waals surface area contributed by atoms with Gasteiger partial charge in [0.1, 0.15) is 6.54 Å². The predicted octanol–water partition coefficient (Wildman–Crippen LogP) is 5.08. The molecular formula is C25H23N3O3S. The van der Waals surface area contributed by atoms with Crippen molar-refractivity contribution in [2.24, 2.45) is 0 Å². The minimum absolute atomic E-state index is 0.312. The van der Waals surface area contributed by atoms with E-state index in [1.807, 2.05) is 69.3 Å². The van der Waals surface area contributed by atoms with Gasteiger partial charge in [-0.3, -0.25) is 19.3 Å². The first-order valence-electron chi connectivity index (χ1n) is 10.2. The Morgan fingerprint density at radius 2 is 1.69 bits per heavy atom. The van der Waals surface area contributed by atoms with E-state index in [1.165, 1.54) is 0 Å². The van der Waals surface area contributed by atoms with Crippen LogP contribution in [-0.2, 0) is 9.59 Å². The van der Waals surface area contributed by atoms with Crippen molar-refractivity contribution in [1.29, 1.82) is 0 Å². The topological polar surface area (TPSA) is 71.4 Å². The first-order valence-corrected chi connectivity index (χ1v) is 11.0. The fourth-order valence-corrected chi connectivity index (χ4v) is 4.50. The van der Waals surface area contributed by atoms with Crippen molar-refractivity contribution in [3.63, 3.8) is 0 Å². The standard InChI is InChI=1S/C25H23N3O3S/c1-16-9-11-20(12-10-16)26-23(29)15-27-24(30)22(32-25(27)31)14-19-13-17(2)28(18(19)3)21-7-5-4-6-8-21/h4-14H,15H2,1-3H3,(H,26,29)/b22-14-. The number of aromatic nitrogens is 1.